The van der Waals surface area contributed by atoms with E-state index in [0.29, 0.717) is 6.61 Å². The second kappa shape index (κ2) is 22.5. The van der Waals surface area contributed by atoms with Gasteiger partial charge in [0.25, 0.3) is 0 Å². The predicted octanol–water partition coefficient (Wildman–Crippen LogP) is 1.16. The summed E-state index contributed by atoms with van der Waals surface area (Å²) < 4.78 is 0. The number of unbranched alkanes of at least 4 members (excludes halogenated alkanes) is 1. The Hall–Kier alpha value is 1.35. The van der Waals surface area contributed by atoms with Crippen molar-refractivity contribution in [1.29, 1.82) is 0 Å². The average molecular weight is 230 g/mol. The molecule has 0 amide bonds. The van der Waals surface area contributed by atoms with E-state index >= 15 is 0 Å². The van der Waals surface area contributed by atoms with Gasteiger partial charge in [-0.2, -0.15) is 0 Å². The van der Waals surface area contributed by atoms with Crippen molar-refractivity contribution in [3.8, 4) is 0 Å². The minimum absolute atomic E-state index is 0. The molecule has 2 nitrogen and oxygen atoms in total. The van der Waals surface area contributed by atoms with Gasteiger partial charge >= 0.3 is 0 Å². The van der Waals surface area contributed by atoms with E-state index in [1.807, 2.05) is 0 Å². The summed E-state index contributed by atoms with van der Waals surface area (Å²) in [5, 5.41) is 16.1. The minimum atomic E-state index is -0.167. The van der Waals surface area contributed by atoms with Crippen LogP contribution in [-0.2, 0) is 43.4 Å². The maximum atomic E-state index is 8.07. The molecule has 2 N–H and O–H groups in total. The van der Waals surface area contributed by atoms with Crippen LogP contribution in [0.1, 0.15) is 33.6 Å². The van der Waals surface area contributed by atoms with E-state index in [0.717, 1.165) is 12.8 Å². The molecular weight excluding hydrogens is 212 g/mol. The maximum Gasteiger partial charge on any atom is 0.0483 e. The molecule has 0 radical (unpaired) electrons. The molecule has 0 aromatic carbocycles. The number of aliphatic hydroxyl groups is 2. The Balaban J connectivity index is -0.0000000383. The number of aliphatic hydroxyl groups excluding tert-OH is 2. The molecular formula is C7H18O2Ti2. The van der Waals surface area contributed by atoms with Gasteiger partial charge in [0.1, 0.15) is 0 Å². The Morgan fingerprint density at radius 1 is 1.18 bits per heavy atom. The van der Waals surface area contributed by atoms with E-state index in [9.17, 15) is 0 Å². The molecule has 0 aromatic rings. The normalized spacial score (nSPS) is 7.09. The summed E-state index contributed by atoms with van der Waals surface area (Å²) in [6.07, 6.45) is 1.87. The summed E-state index contributed by atoms with van der Waals surface area (Å²) in [5.74, 6) is 0. The largest absolute Gasteiger partial charge is 0.396 e. The first-order valence-corrected chi connectivity index (χ1v) is 3.44. The van der Waals surface area contributed by atoms with Crippen LogP contribution in [0.4, 0.5) is 0 Å². The zero-order chi connectivity index (χ0) is 7.70. The molecule has 4 heteroatoms. The first-order valence-electron chi connectivity index (χ1n) is 3.44. The molecule has 0 saturated heterocycles. The van der Waals surface area contributed by atoms with Gasteiger partial charge in [-0.05, 0) is 20.3 Å². The summed E-state index contributed by atoms with van der Waals surface area (Å²) in [5.41, 5.74) is 0. The summed E-state index contributed by atoms with van der Waals surface area (Å²) in [4.78, 5) is 0. The number of hydrogen-bond donors (Lipinski definition) is 2. The van der Waals surface area contributed by atoms with Crippen molar-refractivity contribution in [3.63, 3.8) is 0 Å². The topological polar surface area (TPSA) is 40.5 Å². The van der Waals surface area contributed by atoms with Crippen molar-refractivity contribution < 1.29 is 53.6 Å². The first-order chi connectivity index (χ1) is 4.15. The zero-order valence-corrected chi connectivity index (χ0v) is 10.7. The van der Waals surface area contributed by atoms with Gasteiger partial charge in [-0.1, -0.05) is 13.3 Å². The summed E-state index contributed by atoms with van der Waals surface area (Å²) in [6, 6.07) is 0. The molecule has 0 aliphatic heterocycles. The third kappa shape index (κ3) is 88.5. The van der Waals surface area contributed by atoms with Gasteiger partial charge in [-0.3, -0.25) is 0 Å². The minimum Gasteiger partial charge on any atom is -0.396 e. The smallest absolute Gasteiger partial charge is 0.0483 e. The quantitative estimate of drug-likeness (QED) is 0.698. The molecule has 0 aliphatic rings. The molecule has 0 spiro atoms. The van der Waals surface area contributed by atoms with Gasteiger partial charge in [0.05, 0.1) is 0 Å². The van der Waals surface area contributed by atoms with Gasteiger partial charge in [0.2, 0.25) is 0 Å². The molecule has 0 heterocycles. The maximum absolute atomic E-state index is 8.07. The van der Waals surface area contributed by atoms with Crippen LogP contribution in [-0.4, -0.2) is 22.9 Å². The Kier molecular flexibility index (Phi) is 46.7. The van der Waals surface area contributed by atoms with Crippen LogP contribution in [0.25, 0.3) is 0 Å². The monoisotopic (exact) mass is 230 g/mol. The van der Waals surface area contributed by atoms with Crippen LogP contribution in [0.2, 0.25) is 0 Å². The fourth-order valence-electron chi connectivity index (χ4n) is 0.158. The molecule has 0 saturated carbocycles. The third-order valence-electron chi connectivity index (χ3n) is 0.512. The van der Waals surface area contributed by atoms with E-state index in [4.69, 9.17) is 10.2 Å². The van der Waals surface area contributed by atoms with Crippen LogP contribution in [0.15, 0.2) is 0 Å². The molecule has 0 fully saturated rings. The molecule has 66 valence electrons. The van der Waals surface area contributed by atoms with Crippen molar-refractivity contribution in [2.75, 3.05) is 6.61 Å². The fraction of sp³-hybridized carbons (Fsp3) is 1.00. The van der Waals surface area contributed by atoms with E-state index in [-0.39, 0.29) is 49.5 Å². The Labute approximate surface area is 99.5 Å². The van der Waals surface area contributed by atoms with Crippen molar-refractivity contribution in [1.82, 2.24) is 0 Å². The SMILES string of the molecule is CC(C)O.CCCCO.[Ti].[Ti]. The van der Waals surface area contributed by atoms with Crippen LogP contribution in [0.5, 0.6) is 0 Å². The molecule has 0 unspecified atom stereocenters. The van der Waals surface area contributed by atoms with E-state index in [1.54, 1.807) is 13.8 Å². The van der Waals surface area contributed by atoms with Gasteiger partial charge in [-0.15, -0.1) is 0 Å². The molecule has 0 bridgehead atoms. The second-order valence-corrected chi connectivity index (χ2v) is 2.17. The summed E-state index contributed by atoms with van der Waals surface area (Å²) >= 11 is 0. The Morgan fingerprint density at radius 3 is 1.45 bits per heavy atom. The fourth-order valence-corrected chi connectivity index (χ4v) is 0.158. The van der Waals surface area contributed by atoms with E-state index < -0.39 is 0 Å². The average Bonchev–Trinajstić information content (AvgIpc) is 1.66. The van der Waals surface area contributed by atoms with Crippen LogP contribution < -0.4 is 0 Å². The number of hydrogen-bond acceptors (Lipinski definition) is 2. The van der Waals surface area contributed by atoms with E-state index in [2.05, 4.69) is 6.92 Å². The van der Waals surface area contributed by atoms with Gasteiger partial charge in [0, 0.05) is 56.1 Å². The Bertz CT molecular complexity index is 38.7. The van der Waals surface area contributed by atoms with Crippen molar-refractivity contribution in [3.05, 3.63) is 0 Å². The van der Waals surface area contributed by atoms with Crippen molar-refractivity contribution in [2.24, 2.45) is 0 Å². The zero-order valence-electron chi connectivity index (χ0n) is 7.59. The molecule has 0 aromatic heterocycles. The van der Waals surface area contributed by atoms with E-state index in [1.165, 1.54) is 0 Å². The molecule has 0 atom stereocenters. The molecule has 0 aliphatic carbocycles. The van der Waals surface area contributed by atoms with Crippen LogP contribution in [0, 0.1) is 0 Å². The molecule has 11 heavy (non-hydrogen) atoms. The van der Waals surface area contributed by atoms with Gasteiger partial charge in [0.15, 0.2) is 0 Å². The predicted molar refractivity (Wildman–Crippen MR) is 39.3 cm³/mol. The van der Waals surface area contributed by atoms with Crippen molar-refractivity contribution in [2.45, 2.75) is 39.7 Å². The standard InChI is InChI=1S/C4H10O.C3H8O.2Ti/c1-2-3-4-5;1-3(2)4;;/h5H,2-4H2,1H3;3-4H,1-2H3;;. The summed E-state index contributed by atoms with van der Waals surface area (Å²) in [7, 11) is 0. The van der Waals surface area contributed by atoms with Gasteiger partial charge < -0.3 is 10.2 Å². The Morgan fingerprint density at radius 2 is 1.45 bits per heavy atom. The van der Waals surface area contributed by atoms with Crippen LogP contribution >= 0.6 is 0 Å². The summed E-state index contributed by atoms with van der Waals surface area (Å²) in [6.45, 7) is 5.84. The molecule has 0 rings (SSSR count). The van der Waals surface area contributed by atoms with Gasteiger partial charge in [-0.25, -0.2) is 0 Å². The third-order valence-corrected chi connectivity index (χ3v) is 0.512. The number of rotatable bonds is 2. The second-order valence-electron chi connectivity index (χ2n) is 2.17. The first kappa shape index (κ1) is 22.8. The van der Waals surface area contributed by atoms with Crippen LogP contribution in [0.3, 0.4) is 0 Å². The van der Waals surface area contributed by atoms with Crippen molar-refractivity contribution >= 4 is 0 Å².